The van der Waals surface area contributed by atoms with E-state index in [1.54, 1.807) is 20.1 Å². The van der Waals surface area contributed by atoms with Crippen molar-refractivity contribution in [3.05, 3.63) is 29.8 Å². The van der Waals surface area contributed by atoms with Gasteiger partial charge in [0.1, 0.15) is 5.75 Å². The number of hydrogen-bond acceptors (Lipinski definition) is 4. The summed E-state index contributed by atoms with van der Waals surface area (Å²) in [6.45, 7) is 1.78. The summed E-state index contributed by atoms with van der Waals surface area (Å²) in [7, 11) is -1.44. The number of nitrogens with one attached hydrogen (secondary N) is 1. The molecular formula is C14H19NO4S. The summed E-state index contributed by atoms with van der Waals surface area (Å²) in [5, 5.41) is 2.84. The van der Waals surface area contributed by atoms with E-state index in [1.165, 1.54) is 0 Å². The Hall–Kier alpha value is -1.56. The van der Waals surface area contributed by atoms with Gasteiger partial charge in [0.15, 0.2) is 9.84 Å². The fourth-order valence-corrected chi connectivity index (χ4v) is 4.55. The average molecular weight is 297 g/mol. The van der Waals surface area contributed by atoms with Crippen LogP contribution in [-0.2, 0) is 21.1 Å². The molecule has 1 amide bonds. The zero-order chi connectivity index (χ0) is 14.8. The van der Waals surface area contributed by atoms with Gasteiger partial charge < -0.3 is 10.1 Å². The Balaban J connectivity index is 1.99. The lowest BCUT2D eigenvalue weighted by Crippen LogP contribution is -2.47. The topological polar surface area (TPSA) is 72.5 Å². The summed E-state index contributed by atoms with van der Waals surface area (Å²) in [6, 6.07) is 7.28. The molecule has 1 atom stereocenters. The minimum Gasteiger partial charge on any atom is -0.497 e. The Bertz CT molecular complexity index is 611. The molecule has 1 heterocycles. The van der Waals surface area contributed by atoms with Gasteiger partial charge >= 0.3 is 0 Å². The third-order valence-electron chi connectivity index (χ3n) is 3.44. The number of amides is 1. The van der Waals surface area contributed by atoms with Crippen LogP contribution >= 0.6 is 0 Å². The largest absolute Gasteiger partial charge is 0.497 e. The maximum Gasteiger partial charge on any atom is 0.224 e. The molecule has 1 aromatic carbocycles. The van der Waals surface area contributed by atoms with E-state index in [0.29, 0.717) is 12.2 Å². The predicted octanol–water partition coefficient (Wildman–Crippen LogP) is 0.931. The van der Waals surface area contributed by atoms with Crippen molar-refractivity contribution in [2.75, 3.05) is 18.6 Å². The standard InChI is InChI=1S/C14H19NO4S/c1-14(6-7-20(17,18)10-14)15-13(16)9-11-4-3-5-12(8-11)19-2/h3-5,8H,6-7,9-10H2,1-2H3,(H,15,16). The average Bonchev–Trinajstić information content (AvgIpc) is 2.63. The number of sulfone groups is 1. The number of rotatable bonds is 4. The van der Waals surface area contributed by atoms with Crippen LogP contribution in [0.3, 0.4) is 0 Å². The van der Waals surface area contributed by atoms with Crippen molar-refractivity contribution in [3.63, 3.8) is 0 Å². The van der Waals surface area contributed by atoms with Crippen LogP contribution in [0.15, 0.2) is 24.3 Å². The van der Waals surface area contributed by atoms with Gasteiger partial charge in [-0.1, -0.05) is 12.1 Å². The monoisotopic (exact) mass is 297 g/mol. The Morgan fingerprint density at radius 2 is 2.20 bits per heavy atom. The van der Waals surface area contributed by atoms with Crippen molar-refractivity contribution >= 4 is 15.7 Å². The third kappa shape index (κ3) is 3.72. The highest BCUT2D eigenvalue weighted by atomic mass is 32.2. The van der Waals surface area contributed by atoms with E-state index in [-0.39, 0.29) is 23.8 Å². The summed E-state index contributed by atoms with van der Waals surface area (Å²) in [4.78, 5) is 12.0. The summed E-state index contributed by atoms with van der Waals surface area (Å²) < 4.78 is 28.1. The van der Waals surface area contributed by atoms with Crippen LogP contribution in [0.25, 0.3) is 0 Å². The molecule has 1 saturated heterocycles. The van der Waals surface area contributed by atoms with Crippen LogP contribution in [-0.4, -0.2) is 38.5 Å². The van der Waals surface area contributed by atoms with E-state index >= 15 is 0 Å². The Morgan fingerprint density at radius 3 is 2.80 bits per heavy atom. The smallest absolute Gasteiger partial charge is 0.224 e. The van der Waals surface area contributed by atoms with Gasteiger partial charge in [-0.25, -0.2) is 8.42 Å². The van der Waals surface area contributed by atoms with E-state index in [0.717, 1.165) is 5.56 Å². The molecule has 2 rings (SSSR count). The molecule has 20 heavy (non-hydrogen) atoms. The fraction of sp³-hybridized carbons (Fsp3) is 0.500. The summed E-state index contributed by atoms with van der Waals surface area (Å²) in [6.07, 6.45) is 0.687. The first-order valence-corrected chi connectivity index (χ1v) is 8.28. The molecule has 1 N–H and O–H groups in total. The lowest BCUT2D eigenvalue weighted by atomic mass is 10.0. The molecule has 110 valence electrons. The second kappa shape index (κ2) is 5.44. The lowest BCUT2D eigenvalue weighted by molar-refractivity contribution is -0.121. The lowest BCUT2D eigenvalue weighted by Gasteiger charge is -2.23. The highest BCUT2D eigenvalue weighted by Crippen LogP contribution is 2.23. The fourth-order valence-electron chi connectivity index (χ4n) is 2.46. The zero-order valence-corrected chi connectivity index (χ0v) is 12.5. The summed E-state index contributed by atoms with van der Waals surface area (Å²) in [5.74, 6) is 0.690. The van der Waals surface area contributed by atoms with Crippen molar-refractivity contribution in [1.29, 1.82) is 0 Å². The Labute approximate surface area is 119 Å². The number of carbonyl (C=O) groups excluding carboxylic acids is 1. The van der Waals surface area contributed by atoms with Crippen LogP contribution in [0, 0.1) is 0 Å². The molecule has 0 saturated carbocycles. The van der Waals surface area contributed by atoms with Crippen molar-refractivity contribution < 1.29 is 17.9 Å². The molecule has 6 heteroatoms. The highest BCUT2D eigenvalue weighted by molar-refractivity contribution is 7.91. The number of methoxy groups -OCH3 is 1. The van der Waals surface area contributed by atoms with Gasteiger partial charge in [-0.2, -0.15) is 0 Å². The molecule has 0 aliphatic carbocycles. The minimum absolute atomic E-state index is 0.0177. The number of benzene rings is 1. The molecular weight excluding hydrogens is 278 g/mol. The summed E-state index contributed by atoms with van der Waals surface area (Å²) in [5.41, 5.74) is 0.195. The van der Waals surface area contributed by atoms with E-state index in [4.69, 9.17) is 4.74 Å². The molecule has 1 aliphatic rings. The number of carbonyl (C=O) groups is 1. The van der Waals surface area contributed by atoms with E-state index in [1.807, 2.05) is 18.2 Å². The first kappa shape index (κ1) is 14.8. The molecule has 1 unspecified atom stereocenters. The molecule has 1 aromatic rings. The zero-order valence-electron chi connectivity index (χ0n) is 11.7. The van der Waals surface area contributed by atoms with Gasteiger partial charge in [0.25, 0.3) is 0 Å². The van der Waals surface area contributed by atoms with E-state index in [2.05, 4.69) is 5.32 Å². The Kier molecular flexibility index (Phi) is 4.04. The maximum atomic E-state index is 12.0. The van der Waals surface area contributed by atoms with Crippen LogP contribution in [0.4, 0.5) is 0 Å². The molecule has 0 radical (unpaired) electrons. The predicted molar refractivity (Wildman–Crippen MR) is 76.5 cm³/mol. The van der Waals surface area contributed by atoms with E-state index < -0.39 is 15.4 Å². The second-order valence-corrected chi connectivity index (χ2v) is 7.66. The minimum atomic E-state index is -3.02. The molecule has 0 bridgehead atoms. The third-order valence-corrected chi connectivity index (χ3v) is 5.35. The SMILES string of the molecule is COc1cccc(CC(=O)NC2(C)CCS(=O)(=O)C2)c1. The van der Waals surface area contributed by atoms with Gasteiger partial charge in [0.2, 0.25) is 5.91 Å². The molecule has 0 aromatic heterocycles. The van der Waals surface area contributed by atoms with Crippen molar-refractivity contribution in [2.24, 2.45) is 0 Å². The molecule has 1 aliphatic heterocycles. The first-order valence-electron chi connectivity index (χ1n) is 6.46. The van der Waals surface area contributed by atoms with Crippen LogP contribution < -0.4 is 10.1 Å². The first-order chi connectivity index (χ1) is 9.32. The summed E-state index contributed by atoms with van der Waals surface area (Å²) >= 11 is 0. The van der Waals surface area contributed by atoms with Crippen LogP contribution in [0.5, 0.6) is 5.75 Å². The van der Waals surface area contributed by atoms with Crippen LogP contribution in [0.2, 0.25) is 0 Å². The van der Waals surface area contributed by atoms with Gasteiger partial charge in [-0.05, 0) is 31.0 Å². The van der Waals surface area contributed by atoms with Gasteiger partial charge in [0, 0.05) is 0 Å². The highest BCUT2D eigenvalue weighted by Gasteiger charge is 2.39. The Morgan fingerprint density at radius 1 is 1.45 bits per heavy atom. The second-order valence-electron chi connectivity index (χ2n) is 5.48. The number of ether oxygens (including phenoxy) is 1. The van der Waals surface area contributed by atoms with Crippen molar-refractivity contribution in [2.45, 2.75) is 25.3 Å². The van der Waals surface area contributed by atoms with Gasteiger partial charge in [-0.15, -0.1) is 0 Å². The molecule has 5 nitrogen and oxygen atoms in total. The van der Waals surface area contributed by atoms with Gasteiger partial charge in [-0.3, -0.25) is 4.79 Å². The molecule has 1 fully saturated rings. The normalized spacial score (nSPS) is 24.3. The van der Waals surface area contributed by atoms with Crippen molar-refractivity contribution in [3.8, 4) is 5.75 Å². The van der Waals surface area contributed by atoms with E-state index in [9.17, 15) is 13.2 Å². The number of hydrogen-bond donors (Lipinski definition) is 1. The quantitative estimate of drug-likeness (QED) is 0.897. The van der Waals surface area contributed by atoms with Crippen LogP contribution in [0.1, 0.15) is 18.9 Å². The van der Waals surface area contributed by atoms with Gasteiger partial charge in [0.05, 0.1) is 30.6 Å². The maximum absolute atomic E-state index is 12.0. The van der Waals surface area contributed by atoms with Crippen molar-refractivity contribution in [1.82, 2.24) is 5.32 Å². The molecule has 0 spiro atoms.